The van der Waals surface area contributed by atoms with Crippen LogP contribution in [-0.4, -0.2) is 25.6 Å². The highest BCUT2D eigenvalue weighted by Gasteiger charge is 2.09. The fraction of sp³-hybridized carbons (Fsp3) is 0.263. The highest BCUT2D eigenvalue weighted by atomic mass is 16.5. The van der Waals surface area contributed by atoms with Gasteiger partial charge in [-0.1, -0.05) is 31.2 Å². The highest BCUT2D eigenvalue weighted by molar-refractivity contribution is 5.92. The first-order valence-corrected chi connectivity index (χ1v) is 7.78. The van der Waals surface area contributed by atoms with E-state index in [1.807, 2.05) is 24.3 Å². The molecule has 0 heterocycles. The minimum atomic E-state index is -0.448. The van der Waals surface area contributed by atoms with Crippen molar-refractivity contribution < 1.29 is 19.1 Å². The van der Waals surface area contributed by atoms with Crippen molar-refractivity contribution in [2.45, 2.75) is 19.8 Å². The molecule has 0 spiro atoms. The molecule has 0 aliphatic carbocycles. The van der Waals surface area contributed by atoms with Crippen molar-refractivity contribution in [3.63, 3.8) is 0 Å². The first kappa shape index (κ1) is 17.5. The number of rotatable bonds is 7. The maximum atomic E-state index is 11.8. The van der Waals surface area contributed by atoms with Gasteiger partial charge in [0.05, 0.1) is 13.5 Å². The van der Waals surface area contributed by atoms with Crippen LogP contribution in [0.5, 0.6) is 5.75 Å². The summed E-state index contributed by atoms with van der Waals surface area (Å²) >= 11 is 0. The van der Waals surface area contributed by atoms with Crippen molar-refractivity contribution in [2.75, 3.05) is 19.0 Å². The van der Waals surface area contributed by atoms with E-state index in [2.05, 4.69) is 12.2 Å². The smallest absolute Gasteiger partial charge is 0.310 e. The molecule has 0 bridgehead atoms. The summed E-state index contributed by atoms with van der Waals surface area (Å²) in [5.74, 6) is -0.0837. The average Bonchev–Trinajstić information content (AvgIpc) is 2.61. The number of hydrogen-bond acceptors (Lipinski definition) is 4. The predicted octanol–water partition coefficient (Wildman–Crippen LogP) is 2.98. The van der Waals surface area contributed by atoms with Crippen molar-refractivity contribution in [3.05, 3.63) is 59.7 Å². The van der Waals surface area contributed by atoms with Gasteiger partial charge in [-0.05, 0) is 41.8 Å². The number of anilines is 1. The van der Waals surface area contributed by atoms with E-state index in [0.717, 1.165) is 17.7 Å². The summed E-state index contributed by atoms with van der Waals surface area (Å²) < 4.78 is 10.1. The molecule has 2 rings (SSSR count). The third kappa shape index (κ3) is 5.43. The molecule has 24 heavy (non-hydrogen) atoms. The third-order valence-corrected chi connectivity index (χ3v) is 3.52. The van der Waals surface area contributed by atoms with E-state index >= 15 is 0 Å². The number of aryl methyl sites for hydroxylation is 1. The molecule has 0 radical (unpaired) electrons. The van der Waals surface area contributed by atoms with Gasteiger partial charge < -0.3 is 14.8 Å². The Balaban J connectivity index is 1.76. The number of esters is 1. The molecular weight excluding hydrogens is 306 g/mol. The molecule has 0 saturated carbocycles. The van der Waals surface area contributed by atoms with Gasteiger partial charge in [-0.15, -0.1) is 0 Å². The van der Waals surface area contributed by atoms with Crippen LogP contribution in [0.4, 0.5) is 5.69 Å². The summed E-state index contributed by atoms with van der Waals surface area (Å²) in [5.41, 5.74) is 2.68. The van der Waals surface area contributed by atoms with Crippen LogP contribution in [0.15, 0.2) is 48.5 Å². The van der Waals surface area contributed by atoms with E-state index in [4.69, 9.17) is 9.47 Å². The molecule has 5 nitrogen and oxygen atoms in total. The molecular formula is C19H21NO4. The zero-order chi connectivity index (χ0) is 17.4. The normalized spacial score (nSPS) is 10.1. The molecule has 5 heteroatoms. The van der Waals surface area contributed by atoms with Crippen molar-refractivity contribution in [1.29, 1.82) is 0 Å². The highest BCUT2D eigenvalue weighted by Crippen LogP contribution is 2.12. The Morgan fingerprint density at radius 3 is 2.17 bits per heavy atom. The number of methoxy groups -OCH3 is 1. The van der Waals surface area contributed by atoms with E-state index in [-0.39, 0.29) is 18.9 Å². The van der Waals surface area contributed by atoms with E-state index in [0.29, 0.717) is 5.69 Å². The Bertz CT molecular complexity index is 616. The van der Waals surface area contributed by atoms with Gasteiger partial charge in [0.1, 0.15) is 5.75 Å². The van der Waals surface area contributed by atoms with Gasteiger partial charge in [-0.25, -0.2) is 0 Å². The molecule has 1 N–H and O–H groups in total. The van der Waals surface area contributed by atoms with Gasteiger partial charge in [0.2, 0.25) is 0 Å². The van der Waals surface area contributed by atoms with Gasteiger partial charge in [0, 0.05) is 5.69 Å². The summed E-state index contributed by atoms with van der Waals surface area (Å²) in [6, 6.07) is 14.7. The Morgan fingerprint density at radius 2 is 1.58 bits per heavy atom. The lowest BCUT2D eigenvalue weighted by molar-refractivity contribution is -0.146. The number of ether oxygens (including phenoxy) is 2. The van der Waals surface area contributed by atoms with Crippen LogP contribution in [0.2, 0.25) is 0 Å². The van der Waals surface area contributed by atoms with Crippen molar-refractivity contribution in [2.24, 2.45) is 0 Å². The fourth-order valence-corrected chi connectivity index (χ4v) is 2.13. The van der Waals surface area contributed by atoms with E-state index in [1.165, 1.54) is 5.56 Å². The van der Waals surface area contributed by atoms with Crippen LogP contribution < -0.4 is 10.1 Å². The molecule has 126 valence electrons. The molecule has 2 aromatic rings. The van der Waals surface area contributed by atoms with E-state index < -0.39 is 5.97 Å². The molecule has 0 fully saturated rings. The molecule has 0 atom stereocenters. The van der Waals surface area contributed by atoms with Gasteiger partial charge in [0.15, 0.2) is 6.61 Å². The largest absolute Gasteiger partial charge is 0.497 e. The maximum absolute atomic E-state index is 11.8. The van der Waals surface area contributed by atoms with Crippen LogP contribution in [0.1, 0.15) is 18.1 Å². The molecule has 0 aliphatic rings. The Kier molecular flexibility index (Phi) is 6.37. The Hall–Kier alpha value is -2.82. The Morgan fingerprint density at radius 1 is 0.958 bits per heavy atom. The lowest BCUT2D eigenvalue weighted by Crippen LogP contribution is -2.21. The van der Waals surface area contributed by atoms with Crippen LogP contribution in [0.3, 0.4) is 0 Å². The topological polar surface area (TPSA) is 64.6 Å². The third-order valence-electron chi connectivity index (χ3n) is 3.52. The minimum absolute atomic E-state index is 0.114. The molecule has 0 aliphatic heterocycles. The molecule has 0 saturated heterocycles. The SMILES string of the molecule is CCc1ccc(NC(=O)COC(=O)Cc2ccc(OC)cc2)cc1. The Labute approximate surface area is 141 Å². The molecule has 0 aromatic heterocycles. The second kappa shape index (κ2) is 8.72. The molecule has 2 aromatic carbocycles. The summed E-state index contributed by atoms with van der Waals surface area (Å²) in [6.45, 7) is 1.76. The zero-order valence-electron chi connectivity index (χ0n) is 13.9. The predicted molar refractivity (Wildman–Crippen MR) is 92.1 cm³/mol. The summed E-state index contributed by atoms with van der Waals surface area (Å²) in [6.07, 6.45) is 1.06. The molecule has 0 unspecified atom stereocenters. The van der Waals surface area contributed by atoms with Crippen molar-refractivity contribution in [3.8, 4) is 5.75 Å². The van der Waals surface area contributed by atoms with E-state index in [1.54, 1.807) is 31.4 Å². The lowest BCUT2D eigenvalue weighted by atomic mass is 10.1. The second-order valence-corrected chi connectivity index (χ2v) is 5.28. The van der Waals surface area contributed by atoms with Gasteiger partial charge in [-0.2, -0.15) is 0 Å². The van der Waals surface area contributed by atoms with Crippen LogP contribution in [0.25, 0.3) is 0 Å². The second-order valence-electron chi connectivity index (χ2n) is 5.28. The van der Waals surface area contributed by atoms with Gasteiger partial charge >= 0.3 is 5.97 Å². The van der Waals surface area contributed by atoms with E-state index in [9.17, 15) is 9.59 Å². The van der Waals surface area contributed by atoms with Crippen molar-refractivity contribution in [1.82, 2.24) is 0 Å². The summed E-state index contributed by atoms with van der Waals surface area (Å²) in [4.78, 5) is 23.6. The molecule has 1 amide bonds. The first-order valence-electron chi connectivity index (χ1n) is 7.78. The summed E-state index contributed by atoms with van der Waals surface area (Å²) in [7, 11) is 1.58. The number of hydrogen-bond donors (Lipinski definition) is 1. The number of carbonyl (C=O) groups is 2. The van der Waals surface area contributed by atoms with Crippen molar-refractivity contribution >= 4 is 17.6 Å². The summed E-state index contributed by atoms with van der Waals surface area (Å²) in [5, 5.41) is 2.69. The number of carbonyl (C=O) groups excluding carboxylic acids is 2. The number of nitrogens with one attached hydrogen (secondary N) is 1. The zero-order valence-corrected chi connectivity index (χ0v) is 13.9. The van der Waals surface area contributed by atoms with Gasteiger partial charge in [-0.3, -0.25) is 9.59 Å². The fourth-order valence-electron chi connectivity index (χ4n) is 2.13. The average molecular weight is 327 g/mol. The standard InChI is InChI=1S/C19H21NO4/c1-3-14-4-8-16(9-5-14)20-18(21)13-24-19(22)12-15-6-10-17(23-2)11-7-15/h4-11H,3,12-13H2,1-2H3,(H,20,21). The quantitative estimate of drug-likeness (QED) is 0.794. The number of benzene rings is 2. The number of amides is 1. The lowest BCUT2D eigenvalue weighted by Gasteiger charge is -2.07. The van der Waals surface area contributed by atoms with Crippen LogP contribution in [-0.2, 0) is 27.2 Å². The van der Waals surface area contributed by atoms with Crippen LogP contribution >= 0.6 is 0 Å². The monoisotopic (exact) mass is 327 g/mol. The maximum Gasteiger partial charge on any atom is 0.310 e. The minimum Gasteiger partial charge on any atom is -0.497 e. The van der Waals surface area contributed by atoms with Crippen LogP contribution in [0, 0.1) is 0 Å². The van der Waals surface area contributed by atoms with Gasteiger partial charge in [0.25, 0.3) is 5.91 Å². The first-order chi connectivity index (χ1) is 11.6.